The van der Waals surface area contributed by atoms with Gasteiger partial charge in [0.15, 0.2) is 0 Å². The third kappa shape index (κ3) is 3.62. The molecule has 4 heteroatoms. The maximum absolute atomic E-state index is 9.13. The molecule has 1 aromatic carbocycles. The van der Waals surface area contributed by atoms with Crippen LogP contribution in [-0.4, -0.2) is 30.0 Å². The van der Waals surface area contributed by atoms with E-state index in [1.807, 2.05) is 31.2 Å². The summed E-state index contributed by atoms with van der Waals surface area (Å²) in [4.78, 5) is 0. The van der Waals surface area contributed by atoms with Crippen molar-refractivity contribution in [2.75, 3.05) is 25.1 Å². The standard InChI is InChI=1S/C11H16INO2/c1-11(7-14,8-15)6-13-10-5-3-2-4-9(10)12/h2-5,13-15H,6-8H2,1H3. The highest BCUT2D eigenvalue weighted by Gasteiger charge is 2.22. The number of rotatable bonds is 5. The molecule has 0 atom stereocenters. The first-order chi connectivity index (χ1) is 7.11. The molecule has 0 amide bonds. The van der Waals surface area contributed by atoms with Crippen molar-refractivity contribution >= 4 is 28.3 Å². The maximum atomic E-state index is 9.13. The van der Waals surface area contributed by atoms with E-state index < -0.39 is 5.41 Å². The van der Waals surface area contributed by atoms with Gasteiger partial charge in [-0.3, -0.25) is 0 Å². The second kappa shape index (κ2) is 5.67. The molecule has 1 aromatic rings. The van der Waals surface area contributed by atoms with Gasteiger partial charge in [0, 0.05) is 21.2 Å². The molecule has 0 saturated carbocycles. The Balaban J connectivity index is 2.61. The molecule has 0 unspecified atom stereocenters. The van der Waals surface area contributed by atoms with Crippen LogP contribution in [0, 0.1) is 8.99 Å². The number of hydrogen-bond donors (Lipinski definition) is 3. The lowest BCUT2D eigenvalue weighted by molar-refractivity contribution is 0.0806. The van der Waals surface area contributed by atoms with Crippen molar-refractivity contribution in [1.29, 1.82) is 0 Å². The number of benzene rings is 1. The molecule has 0 aliphatic rings. The Labute approximate surface area is 104 Å². The number of para-hydroxylation sites is 1. The van der Waals surface area contributed by atoms with Crippen molar-refractivity contribution in [2.45, 2.75) is 6.92 Å². The fourth-order valence-electron chi connectivity index (χ4n) is 1.07. The molecule has 0 fully saturated rings. The number of aliphatic hydroxyl groups is 2. The summed E-state index contributed by atoms with van der Waals surface area (Å²) in [5.74, 6) is 0. The molecule has 0 spiro atoms. The van der Waals surface area contributed by atoms with Gasteiger partial charge in [0.1, 0.15) is 0 Å². The number of anilines is 1. The van der Waals surface area contributed by atoms with Crippen molar-refractivity contribution in [3.63, 3.8) is 0 Å². The van der Waals surface area contributed by atoms with Crippen LogP contribution in [0.4, 0.5) is 5.69 Å². The predicted molar refractivity (Wildman–Crippen MR) is 69.9 cm³/mol. The second-order valence-electron chi connectivity index (χ2n) is 3.96. The Hall–Kier alpha value is -0.330. The van der Waals surface area contributed by atoms with Crippen LogP contribution in [0.2, 0.25) is 0 Å². The average Bonchev–Trinajstić information content (AvgIpc) is 2.28. The van der Waals surface area contributed by atoms with Crippen LogP contribution < -0.4 is 5.32 Å². The largest absolute Gasteiger partial charge is 0.396 e. The third-order valence-electron chi connectivity index (χ3n) is 2.34. The van der Waals surface area contributed by atoms with Crippen LogP contribution in [-0.2, 0) is 0 Å². The summed E-state index contributed by atoms with van der Waals surface area (Å²) in [6, 6.07) is 7.93. The van der Waals surface area contributed by atoms with Gasteiger partial charge in [0.05, 0.1) is 13.2 Å². The first-order valence-corrected chi connectivity index (χ1v) is 5.89. The summed E-state index contributed by atoms with van der Waals surface area (Å²) < 4.78 is 1.13. The van der Waals surface area contributed by atoms with Crippen LogP contribution in [0.1, 0.15) is 6.92 Å². The van der Waals surface area contributed by atoms with Crippen LogP contribution in [0.15, 0.2) is 24.3 Å². The SMILES string of the molecule is CC(CO)(CO)CNc1ccccc1I. The van der Waals surface area contributed by atoms with Crippen molar-refractivity contribution < 1.29 is 10.2 Å². The fraction of sp³-hybridized carbons (Fsp3) is 0.455. The monoisotopic (exact) mass is 321 g/mol. The number of nitrogens with one attached hydrogen (secondary N) is 1. The molecule has 0 aliphatic carbocycles. The Morgan fingerprint density at radius 1 is 1.27 bits per heavy atom. The van der Waals surface area contributed by atoms with Crippen LogP contribution >= 0.6 is 22.6 Å². The van der Waals surface area contributed by atoms with E-state index in [0.717, 1.165) is 9.26 Å². The van der Waals surface area contributed by atoms with E-state index in [1.165, 1.54) is 0 Å². The number of hydrogen-bond acceptors (Lipinski definition) is 3. The molecule has 1 rings (SSSR count). The molecule has 3 N–H and O–H groups in total. The topological polar surface area (TPSA) is 52.5 Å². The van der Waals surface area contributed by atoms with Gasteiger partial charge in [-0.15, -0.1) is 0 Å². The molecular weight excluding hydrogens is 305 g/mol. The lowest BCUT2D eigenvalue weighted by atomic mass is 9.93. The second-order valence-corrected chi connectivity index (χ2v) is 5.12. The molecule has 0 heterocycles. The first-order valence-electron chi connectivity index (χ1n) is 4.81. The van der Waals surface area contributed by atoms with Crippen molar-refractivity contribution in [2.24, 2.45) is 5.41 Å². The molecule has 0 aromatic heterocycles. The minimum Gasteiger partial charge on any atom is -0.396 e. The lowest BCUT2D eigenvalue weighted by Gasteiger charge is -2.25. The zero-order valence-electron chi connectivity index (χ0n) is 8.70. The maximum Gasteiger partial charge on any atom is 0.0523 e. The van der Waals surface area contributed by atoms with Crippen molar-refractivity contribution in [1.82, 2.24) is 0 Å². The summed E-state index contributed by atoms with van der Waals surface area (Å²) >= 11 is 2.25. The quantitative estimate of drug-likeness (QED) is 0.724. The van der Waals surface area contributed by atoms with Gasteiger partial charge in [-0.2, -0.15) is 0 Å². The van der Waals surface area contributed by atoms with Gasteiger partial charge in [-0.05, 0) is 34.7 Å². The summed E-state index contributed by atoms with van der Waals surface area (Å²) in [6.45, 7) is 2.34. The van der Waals surface area contributed by atoms with Gasteiger partial charge >= 0.3 is 0 Å². The molecule has 0 bridgehead atoms. The molecule has 15 heavy (non-hydrogen) atoms. The Morgan fingerprint density at radius 3 is 2.40 bits per heavy atom. The van der Waals surface area contributed by atoms with Gasteiger partial charge in [-0.1, -0.05) is 19.1 Å². The molecular formula is C11H16INO2. The van der Waals surface area contributed by atoms with E-state index >= 15 is 0 Å². The molecule has 3 nitrogen and oxygen atoms in total. The molecule has 0 radical (unpaired) electrons. The minimum atomic E-state index is -0.473. The van der Waals surface area contributed by atoms with Crippen LogP contribution in [0.5, 0.6) is 0 Å². The van der Waals surface area contributed by atoms with Crippen LogP contribution in [0.3, 0.4) is 0 Å². The summed E-state index contributed by atoms with van der Waals surface area (Å²) in [6.07, 6.45) is 0. The van der Waals surface area contributed by atoms with E-state index in [-0.39, 0.29) is 13.2 Å². The smallest absolute Gasteiger partial charge is 0.0523 e. The highest BCUT2D eigenvalue weighted by molar-refractivity contribution is 14.1. The molecule has 0 saturated heterocycles. The number of halogens is 1. The molecule has 84 valence electrons. The Kier molecular flexibility index (Phi) is 4.82. The predicted octanol–water partition coefficient (Wildman–Crippen LogP) is 1.69. The van der Waals surface area contributed by atoms with Crippen LogP contribution in [0.25, 0.3) is 0 Å². The molecule has 0 aliphatic heterocycles. The van der Waals surface area contributed by atoms with Gasteiger partial charge in [-0.25, -0.2) is 0 Å². The normalized spacial score (nSPS) is 11.5. The summed E-state index contributed by atoms with van der Waals surface area (Å²) in [7, 11) is 0. The van der Waals surface area contributed by atoms with Gasteiger partial charge in [0.25, 0.3) is 0 Å². The highest BCUT2D eigenvalue weighted by atomic mass is 127. The lowest BCUT2D eigenvalue weighted by Crippen LogP contribution is -2.34. The highest BCUT2D eigenvalue weighted by Crippen LogP contribution is 2.20. The van der Waals surface area contributed by atoms with Crippen molar-refractivity contribution in [3.8, 4) is 0 Å². The summed E-state index contributed by atoms with van der Waals surface area (Å²) in [5, 5.41) is 21.5. The van der Waals surface area contributed by atoms with E-state index in [4.69, 9.17) is 10.2 Å². The van der Waals surface area contributed by atoms with E-state index in [9.17, 15) is 0 Å². The van der Waals surface area contributed by atoms with E-state index in [0.29, 0.717) is 6.54 Å². The van der Waals surface area contributed by atoms with Gasteiger partial charge < -0.3 is 15.5 Å². The van der Waals surface area contributed by atoms with Gasteiger partial charge in [0.2, 0.25) is 0 Å². The zero-order chi connectivity index (χ0) is 11.3. The van der Waals surface area contributed by atoms with E-state index in [1.54, 1.807) is 0 Å². The minimum absolute atomic E-state index is 0.0279. The van der Waals surface area contributed by atoms with E-state index in [2.05, 4.69) is 27.9 Å². The van der Waals surface area contributed by atoms with Crippen molar-refractivity contribution in [3.05, 3.63) is 27.8 Å². The Morgan fingerprint density at radius 2 is 1.87 bits per heavy atom. The number of aliphatic hydroxyl groups excluding tert-OH is 2. The first kappa shape index (κ1) is 12.7. The third-order valence-corrected chi connectivity index (χ3v) is 3.28. The zero-order valence-corrected chi connectivity index (χ0v) is 10.9. The average molecular weight is 321 g/mol. The summed E-state index contributed by atoms with van der Waals surface area (Å²) in [5.41, 5.74) is 0.560. The Bertz CT molecular complexity index is 313. The fourth-order valence-corrected chi connectivity index (χ4v) is 1.65.